The lowest BCUT2D eigenvalue weighted by atomic mass is 10.0. The molecule has 0 aliphatic heterocycles. The Balaban J connectivity index is 1.95. The molecule has 2 nitrogen and oxygen atoms in total. The van der Waals surface area contributed by atoms with Crippen molar-refractivity contribution in [2.24, 2.45) is 0 Å². The average molecular weight is 301 g/mol. The third kappa shape index (κ3) is 2.70. The molecule has 1 heterocycles. The van der Waals surface area contributed by atoms with Crippen LogP contribution >= 0.6 is 0 Å². The summed E-state index contributed by atoms with van der Waals surface area (Å²) >= 11 is 0. The molecule has 0 radical (unpaired) electrons. The summed E-state index contributed by atoms with van der Waals surface area (Å²) in [6.07, 6.45) is -4.41. The van der Waals surface area contributed by atoms with Crippen molar-refractivity contribution in [1.82, 2.24) is 4.98 Å². The Bertz CT molecular complexity index is 838. The number of ketones is 1. The number of carbonyl (C=O) groups is 1. The molecule has 1 aromatic heterocycles. The van der Waals surface area contributed by atoms with Crippen LogP contribution < -0.4 is 0 Å². The van der Waals surface area contributed by atoms with Gasteiger partial charge in [0.25, 0.3) is 0 Å². The van der Waals surface area contributed by atoms with Crippen molar-refractivity contribution in [3.63, 3.8) is 0 Å². The highest BCUT2D eigenvalue weighted by Gasteiger charge is 2.30. The first kappa shape index (κ1) is 14.3. The van der Waals surface area contributed by atoms with E-state index in [0.29, 0.717) is 5.52 Å². The lowest BCUT2D eigenvalue weighted by Gasteiger charge is -2.07. The molecule has 0 aliphatic carbocycles. The molecule has 22 heavy (non-hydrogen) atoms. The van der Waals surface area contributed by atoms with Gasteiger partial charge < -0.3 is 0 Å². The third-order valence-electron chi connectivity index (χ3n) is 3.31. The van der Waals surface area contributed by atoms with Crippen LogP contribution in [0.3, 0.4) is 0 Å². The molecule has 3 rings (SSSR count). The fraction of sp³-hybridized carbons (Fsp3) is 0.0588. The number of rotatable bonds is 2. The van der Waals surface area contributed by atoms with Gasteiger partial charge in [0.15, 0.2) is 0 Å². The molecule has 0 atom stereocenters. The number of aromatic nitrogens is 1. The standard InChI is InChI=1S/C17H10F3NO/c18-17(19,20)13-8-5-12(6-9-13)16(22)15-10-7-11-3-1-2-4-14(11)21-15/h1-10H. The van der Waals surface area contributed by atoms with Crippen LogP contribution in [-0.2, 0) is 6.18 Å². The number of fused-ring (bicyclic) bond motifs is 1. The largest absolute Gasteiger partial charge is 0.416 e. The Labute approximate surface area is 124 Å². The predicted molar refractivity (Wildman–Crippen MR) is 76.6 cm³/mol. The minimum absolute atomic E-state index is 0.177. The number of nitrogens with zero attached hydrogens (tertiary/aromatic N) is 1. The van der Waals surface area contributed by atoms with Crippen LogP contribution in [-0.4, -0.2) is 10.8 Å². The normalized spacial score (nSPS) is 11.6. The highest BCUT2D eigenvalue weighted by atomic mass is 19.4. The summed E-state index contributed by atoms with van der Waals surface area (Å²) in [7, 11) is 0. The molecule has 0 saturated carbocycles. The van der Waals surface area contributed by atoms with Crippen molar-refractivity contribution in [3.05, 3.63) is 77.5 Å². The maximum atomic E-state index is 12.5. The molecule has 2 aromatic carbocycles. The molecule has 0 saturated heterocycles. The third-order valence-corrected chi connectivity index (χ3v) is 3.31. The number of benzene rings is 2. The quantitative estimate of drug-likeness (QED) is 0.653. The maximum absolute atomic E-state index is 12.5. The van der Waals surface area contributed by atoms with Gasteiger partial charge in [0.05, 0.1) is 11.1 Å². The summed E-state index contributed by atoms with van der Waals surface area (Å²) in [6.45, 7) is 0. The van der Waals surface area contributed by atoms with Gasteiger partial charge in [-0.2, -0.15) is 13.2 Å². The second-order valence-electron chi connectivity index (χ2n) is 4.79. The highest BCUT2D eigenvalue weighted by Crippen LogP contribution is 2.29. The predicted octanol–water partition coefficient (Wildman–Crippen LogP) is 4.48. The molecule has 0 fully saturated rings. The van der Waals surface area contributed by atoms with E-state index in [4.69, 9.17) is 0 Å². The summed E-state index contributed by atoms with van der Waals surface area (Å²) < 4.78 is 37.6. The van der Waals surface area contributed by atoms with E-state index in [-0.39, 0.29) is 11.3 Å². The summed E-state index contributed by atoms with van der Waals surface area (Å²) in [5, 5.41) is 0.895. The molecule has 0 amide bonds. The summed E-state index contributed by atoms with van der Waals surface area (Å²) in [4.78, 5) is 16.6. The van der Waals surface area contributed by atoms with Crippen LogP contribution in [0.2, 0.25) is 0 Å². The lowest BCUT2D eigenvalue weighted by Crippen LogP contribution is -2.07. The second-order valence-corrected chi connectivity index (χ2v) is 4.79. The molecule has 0 spiro atoms. The van der Waals surface area contributed by atoms with Gasteiger partial charge in [-0.1, -0.05) is 36.4 Å². The molecular formula is C17H10F3NO. The SMILES string of the molecule is O=C(c1ccc(C(F)(F)F)cc1)c1ccc2ccccc2n1. The Kier molecular flexibility index (Phi) is 3.41. The van der Waals surface area contributed by atoms with Crippen LogP contribution in [0.5, 0.6) is 0 Å². The van der Waals surface area contributed by atoms with Crippen molar-refractivity contribution in [2.75, 3.05) is 0 Å². The van der Waals surface area contributed by atoms with Gasteiger partial charge in [-0.3, -0.25) is 4.79 Å². The zero-order valence-electron chi connectivity index (χ0n) is 11.3. The fourth-order valence-corrected chi connectivity index (χ4v) is 2.15. The van der Waals surface area contributed by atoms with E-state index < -0.39 is 17.5 Å². The molecular weight excluding hydrogens is 291 g/mol. The van der Waals surface area contributed by atoms with E-state index >= 15 is 0 Å². The molecule has 0 bridgehead atoms. The van der Waals surface area contributed by atoms with Crippen LogP contribution in [0.15, 0.2) is 60.7 Å². The number of hydrogen-bond donors (Lipinski definition) is 0. The average Bonchev–Trinajstić information content (AvgIpc) is 2.53. The van der Waals surface area contributed by atoms with Crippen molar-refractivity contribution in [1.29, 1.82) is 0 Å². The van der Waals surface area contributed by atoms with Crippen LogP contribution in [0.25, 0.3) is 10.9 Å². The maximum Gasteiger partial charge on any atom is 0.416 e. The van der Waals surface area contributed by atoms with Crippen LogP contribution in [0.1, 0.15) is 21.6 Å². The van der Waals surface area contributed by atoms with Gasteiger partial charge in [0, 0.05) is 10.9 Å². The van der Waals surface area contributed by atoms with E-state index in [1.54, 1.807) is 18.2 Å². The smallest absolute Gasteiger partial charge is 0.287 e. The van der Waals surface area contributed by atoms with E-state index in [9.17, 15) is 18.0 Å². The molecule has 3 aromatic rings. The van der Waals surface area contributed by atoms with E-state index in [1.807, 2.05) is 18.2 Å². The van der Waals surface area contributed by atoms with Gasteiger partial charge in [-0.05, 0) is 24.3 Å². The van der Waals surface area contributed by atoms with Gasteiger partial charge in [-0.25, -0.2) is 4.98 Å². The Morgan fingerprint density at radius 3 is 2.23 bits per heavy atom. The van der Waals surface area contributed by atoms with Gasteiger partial charge in [0.2, 0.25) is 5.78 Å². The number of hydrogen-bond acceptors (Lipinski definition) is 2. The zero-order valence-corrected chi connectivity index (χ0v) is 11.3. The molecule has 5 heteroatoms. The number of para-hydroxylation sites is 1. The highest BCUT2D eigenvalue weighted by molar-refractivity contribution is 6.08. The van der Waals surface area contributed by atoms with Crippen molar-refractivity contribution in [3.8, 4) is 0 Å². The Morgan fingerprint density at radius 2 is 1.55 bits per heavy atom. The first-order chi connectivity index (χ1) is 10.4. The van der Waals surface area contributed by atoms with Crippen LogP contribution in [0, 0.1) is 0 Å². The Hall–Kier alpha value is -2.69. The molecule has 0 N–H and O–H groups in total. The summed E-state index contributed by atoms with van der Waals surface area (Å²) in [5.41, 5.74) is 0.269. The zero-order chi connectivity index (χ0) is 15.7. The van der Waals surface area contributed by atoms with Gasteiger partial charge in [0.1, 0.15) is 5.69 Å². The van der Waals surface area contributed by atoms with Crippen molar-refractivity contribution in [2.45, 2.75) is 6.18 Å². The minimum Gasteiger partial charge on any atom is -0.287 e. The minimum atomic E-state index is -4.41. The number of halogens is 3. The van der Waals surface area contributed by atoms with E-state index in [2.05, 4.69) is 4.98 Å². The van der Waals surface area contributed by atoms with Crippen molar-refractivity contribution < 1.29 is 18.0 Å². The lowest BCUT2D eigenvalue weighted by molar-refractivity contribution is -0.137. The first-order valence-corrected chi connectivity index (χ1v) is 6.53. The topological polar surface area (TPSA) is 30.0 Å². The van der Waals surface area contributed by atoms with Crippen molar-refractivity contribution >= 4 is 16.7 Å². The van der Waals surface area contributed by atoms with Gasteiger partial charge >= 0.3 is 6.18 Å². The van der Waals surface area contributed by atoms with Crippen LogP contribution in [0.4, 0.5) is 13.2 Å². The fourth-order valence-electron chi connectivity index (χ4n) is 2.15. The number of carbonyl (C=O) groups excluding carboxylic acids is 1. The number of pyridine rings is 1. The monoisotopic (exact) mass is 301 g/mol. The van der Waals surface area contributed by atoms with E-state index in [0.717, 1.165) is 17.5 Å². The summed E-state index contributed by atoms with van der Waals surface area (Å²) in [5.74, 6) is -0.403. The second kappa shape index (κ2) is 5.26. The molecule has 0 unspecified atom stereocenters. The first-order valence-electron chi connectivity index (χ1n) is 6.53. The Morgan fingerprint density at radius 1 is 0.864 bits per heavy atom. The van der Waals surface area contributed by atoms with Gasteiger partial charge in [-0.15, -0.1) is 0 Å². The summed E-state index contributed by atoms with van der Waals surface area (Å²) in [6, 6.07) is 14.8. The molecule has 0 aliphatic rings. The number of alkyl halides is 3. The molecule has 110 valence electrons. The van der Waals surface area contributed by atoms with E-state index in [1.165, 1.54) is 12.1 Å².